The van der Waals surface area contributed by atoms with Crippen molar-refractivity contribution in [2.45, 2.75) is 19.3 Å². The van der Waals surface area contributed by atoms with Gasteiger partial charge in [-0.3, -0.25) is 0 Å². The molecule has 98 valence electrons. The van der Waals surface area contributed by atoms with Crippen molar-refractivity contribution in [2.24, 2.45) is 0 Å². The molecule has 0 atom stereocenters. The number of hydrogen-bond acceptors (Lipinski definition) is 2. The number of aryl methyl sites for hydroxylation is 1. The van der Waals surface area contributed by atoms with Crippen LogP contribution in [-0.2, 0) is 12.8 Å². The first kappa shape index (κ1) is 12.1. The first-order chi connectivity index (χ1) is 9.35. The van der Waals surface area contributed by atoms with E-state index in [1.165, 1.54) is 29.5 Å². The molecule has 0 saturated heterocycles. The molecule has 0 fully saturated rings. The van der Waals surface area contributed by atoms with Crippen molar-refractivity contribution >= 4 is 0 Å². The molecule has 2 nitrogen and oxygen atoms in total. The maximum atomic E-state index is 5.52. The summed E-state index contributed by atoms with van der Waals surface area (Å²) >= 11 is 0. The SMILES string of the molecule is COc1cccc(OC)c1-c1cccc2c1CCC2. The predicted octanol–water partition coefficient (Wildman–Crippen LogP) is 3.86. The Morgan fingerprint density at radius 2 is 1.53 bits per heavy atom. The second kappa shape index (κ2) is 4.96. The van der Waals surface area contributed by atoms with E-state index in [9.17, 15) is 0 Å². The van der Waals surface area contributed by atoms with E-state index < -0.39 is 0 Å². The Labute approximate surface area is 114 Å². The highest BCUT2D eigenvalue weighted by atomic mass is 16.5. The summed E-state index contributed by atoms with van der Waals surface area (Å²) in [6.07, 6.45) is 3.57. The lowest BCUT2D eigenvalue weighted by Gasteiger charge is -2.16. The number of ether oxygens (including phenoxy) is 2. The quantitative estimate of drug-likeness (QED) is 0.828. The molecule has 3 rings (SSSR count). The van der Waals surface area contributed by atoms with Gasteiger partial charge in [0.1, 0.15) is 11.5 Å². The molecule has 1 aliphatic rings. The summed E-state index contributed by atoms with van der Waals surface area (Å²) in [4.78, 5) is 0. The van der Waals surface area contributed by atoms with Crippen LogP contribution in [0.5, 0.6) is 11.5 Å². The molecule has 2 aromatic rings. The Kier molecular flexibility index (Phi) is 3.16. The fraction of sp³-hybridized carbons (Fsp3) is 0.294. The second-order valence-corrected chi connectivity index (χ2v) is 4.83. The molecule has 19 heavy (non-hydrogen) atoms. The van der Waals surface area contributed by atoms with Gasteiger partial charge < -0.3 is 9.47 Å². The van der Waals surface area contributed by atoms with Gasteiger partial charge in [0.05, 0.1) is 19.8 Å². The third-order valence-electron chi connectivity index (χ3n) is 3.84. The maximum absolute atomic E-state index is 5.52. The monoisotopic (exact) mass is 254 g/mol. The van der Waals surface area contributed by atoms with Crippen LogP contribution in [0, 0.1) is 0 Å². The van der Waals surface area contributed by atoms with E-state index in [4.69, 9.17) is 9.47 Å². The van der Waals surface area contributed by atoms with E-state index >= 15 is 0 Å². The zero-order valence-corrected chi connectivity index (χ0v) is 11.4. The van der Waals surface area contributed by atoms with Crippen molar-refractivity contribution in [3.8, 4) is 22.6 Å². The number of rotatable bonds is 3. The van der Waals surface area contributed by atoms with Gasteiger partial charge in [-0.2, -0.15) is 0 Å². The Hall–Kier alpha value is -1.96. The molecule has 0 saturated carbocycles. The molecule has 1 aliphatic carbocycles. The molecule has 0 N–H and O–H groups in total. The summed E-state index contributed by atoms with van der Waals surface area (Å²) in [7, 11) is 3.42. The van der Waals surface area contributed by atoms with E-state index in [2.05, 4.69) is 18.2 Å². The van der Waals surface area contributed by atoms with Crippen LogP contribution in [-0.4, -0.2) is 14.2 Å². The van der Waals surface area contributed by atoms with E-state index in [0.717, 1.165) is 23.5 Å². The molecule has 0 radical (unpaired) electrons. The highest BCUT2D eigenvalue weighted by Crippen LogP contribution is 2.42. The molecule has 0 amide bonds. The fourth-order valence-electron chi connectivity index (χ4n) is 2.97. The smallest absolute Gasteiger partial charge is 0.130 e. The molecular weight excluding hydrogens is 236 g/mol. The van der Waals surface area contributed by atoms with Crippen molar-refractivity contribution < 1.29 is 9.47 Å². The van der Waals surface area contributed by atoms with Crippen LogP contribution in [0.2, 0.25) is 0 Å². The van der Waals surface area contributed by atoms with Crippen molar-refractivity contribution in [1.82, 2.24) is 0 Å². The molecule has 0 unspecified atom stereocenters. The zero-order chi connectivity index (χ0) is 13.2. The van der Waals surface area contributed by atoms with Crippen molar-refractivity contribution in [2.75, 3.05) is 14.2 Å². The predicted molar refractivity (Wildman–Crippen MR) is 77.0 cm³/mol. The van der Waals surface area contributed by atoms with Crippen LogP contribution in [0.15, 0.2) is 36.4 Å². The lowest BCUT2D eigenvalue weighted by Crippen LogP contribution is -1.96. The normalized spacial score (nSPS) is 13.2. The first-order valence-electron chi connectivity index (χ1n) is 6.67. The van der Waals surface area contributed by atoms with Crippen molar-refractivity contribution in [1.29, 1.82) is 0 Å². The van der Waals surface area contributed by atoms with Crippen molar-refractivity contribution in [3.05, 3.63) is 47.5 Å². The number of benzene rings is 2. The van der Waals surface area contributed by atoms with E-state index in [1.54, 1.807) is 14.2 Å². The summed E-state index contributed by atoms with van der Waals surface area (Å²) in [5.74, 6) is 1.75. The molecular formula is C17H18O2. The minimum Gasteiger partial charge on any atom is -0.496 e. The minimum atomic E-state index is 0.875. The molecule has 0 spiro atoms. The summed E-state index contributed by atoms with van der Waals surface area (Å²) in [5, 5.41) is 0. The average molecular weight is 254 g/mol. The van der Waals surface area contributed by atoms with E-state index in [1.807, 2.05) is 18.2 Å². The van der Waals surface area contributed by atoms with Crippen LogP contribution in [0.4, 0.5) is 0 Å². The summed E-state index contributed by atoms with van der Waals surface area (Å²) in [6.45, 7) is 0. The van der Waals surface area contributed by atoms with Gasteiger partial charge in [-0.05, 0) is 48.1 Å². The van der Waals surface area contributed by atoms with Gasteiger partial charge in [0.15, 0.2) is 0 Å². The van der Waals surface area contributed by atoms with Gasteiger partial charge >= 0.3 is 0 Å². The van der Waals surface area contributed by atoms with Crippen LogP contribution in [0.25, 0.3) is 11.1 Å². The fourth-order valence-corrected chi connectivity index (χ4v) is 2.97. The Morgan fingerprint density at radius 3 is 2.21 bits per heavy atom. The highest BCUT2D eigenvalue weighted by molar-refractivity contribution is 5.80. The second-order valence-electron chi connectivity index (χ2n) is 4.83. The van der Waals surface area contributed by atoms with Gasteiger partial charge in [0.2, 0.25) is 0 Å². The molecule has 0 heterocycles. The highest BCUT2D eigenvalue weighted by Gasteiger charge is 2.20. The van der Waals surface area contributed by atoms with Gasteiger partial charge in [-0.1, -0.05) is 24.3 Å². The molecule has 2 heteroatoms. The minimum absolute atomic E-state index is 0.875. The topological polar surface area (TPSA) is 18.5 Å². The third-order valence-corrected chi connectivity index (χ3v) is 3.84. The number of fused-ring (bicyclic) bond motifs is 1. The summed E-state index contributed by atoms with van der Waals surface area (Å²) in [5.41, 5.74) is 5.24. The maximum Gasteiger partial charge on any atom is 0.130 e. The molecule has 0 aromatic heterocycles. The summed E-state index contributed by atoms with van der Waals surface area (Å²) < 4.78 is 11.0. The van der Waals surface area contributed by atoms with Crippen LogP contribution < -0.4 is 9.47 Å². The lowest BCUT2D eigenvalue weighted by molar-refractivity contribution is 0.397. The Morgan fingerprint density at radius 1 is 0.842 bits per heavy atom. The van der Waals surface area contributed by atoms with E-state index in [-0.39, 0.29) is 0 Å². The largest absolute Gasteiger partial charge is 0.496 e. The third kappa shape index (κ3) is 1.97. The summed E-state index contributed by atoms with van der Waals surface area (Å²) in [6, 6.07) is 12.5. The molecule has 2 aromatic carbocycles. The zero-order valence-electron chi connectivity index (χ0n) is 11.4. The lowest BCUT2D eigenvalue weighted by atomic mass is 9.95. The number of methoxy groups -OCH3 is 2. The average Bonchev–Trinajstić information content (AvgIpc) is 2.94. The first-order valence-corrected chi connectivity index (χ1v) is 6.67. The van der Waals surface area contributed by atoms with Crippen LogP contribution in [0.3, 0.4) is 0 Å². The van der Waals surface area contributed by atoms with Crippen LogP contribution in [0.1, 0.15) is 17.5 Å². The number of hydrogen-bond donors (Lipinski definition) is 0. The van der Waals surface area contributed by atoms with Gasteiger partial charge in [-0.25, -0.2) is 0 Å². The Bertz CT molecular complexity index is 580. The van der Waals surface area contributed by atoms with E-state index in [0.29, 0.717) is 0 Å². The van der Waals surface area contributed by atoms with Crippen molar-refractivity contribution in [3.63, 3.8) is 0 Å². The molecule has 0 bridgehead atoms. The van der Waals surface area contributed by atoms with Gasteiger partial charge in [0.25, 0.3) is 0 Å². The molecule has 0 aliphatic heterocycles. The standard InChI is InChI=1S/C17H18O2/c1-18-15-10-5-11-16(19-2)17(15)14-9-4-7-12-6-3-8-13(12)14/h4-5,7,9-11H,3,6,8H2,1-2H3. The van der Waals surface area contributed by atoms with Gasteiger partial charge in [0, 0.05) is 0 Å². The van der Waals surface area contributed by atoms with Crippen LogP contribution >= 0.6 is 0 Å². The Balaban J connectivity index is 2.25. The van der Waals surface area contributed by atoms with Gasteiger partial charge in [-0.15, -0.1) is 0 Å².